The van der Waals surface area contributed by atoms with Crippen LogP contribution in [0.25, 0.3) is 0 Å². The van der Waals surface area contributed by atoms with Crippen molar-refractivity contribution >= 4 is 22.2 Å². The first-order valence-electron chi connectivity index (χ1n) is 9.73. The predicted octanol–water partition coefficient (Wildman–Crippen LogP) is 2.64. The smallest absolute Gasteiger partial charge is 0.243 e. The van der Waals surface area contributed by atoms with Crippen LogP contribution in [0.1, 0.15) is 35.8 Å². The first kappa shape index (κ1) is 19.8. The first-order valence-corrected chi connectivity index (χ1v) is 11.6. The maximum absolute atomic E-state index is 13.1. The van der Waals surface area contributed by atoms with Gasteiger partial charge in [0.2, 0.25) is 10.0 Å². The van der Waals surface area contributed by atoms with Gasteiger partial charge in [0.05, 0.1) is 11.6 Å². The van der Waals surface area contributed by atoms with E-state index in [-0.39, 0.29) is 0 Å². The van der Waals surface area contributed by atoms with Crippen LogP contribution >= 0.6 is 12.2 Å². The van der Waals surface area contributed by atoms with E-state index in [1.807, 2.05) is 37.6 Å². The van der Waals surface area contributed by atoms with Crippen molar-refractivity contribution in [1.29, 1.82) is 0 Å². The van der Waals surface area contributed by atoms with E-state index in [1.54, 1.807) is 10.4 Å². The van der Waals surface area contributed by atoms with Gasteiger partial charge in [-0.3, -0.25) is 4.90 Å². The fraction of sp³-hybridized carbons (Fsp3) is 0.579. The molecular weight excluding hydrogens is 394 g/mol. The minimum absolute atomic E-state index is 0.418. The normalized spacial score (nSPS) is 19.2. The molecule has 1 aromatic carbocycles. The Balaban J connectivity index is 1.44. The van der Waals surface area contributed by atoms with Crippen molar-refractivity contribution in [3.8, 4) is 0 Å². The SMILES string of the molecule is Cc1ccc(C)c(S(=O)(=O)N2CCN(Cn3nc(C)n(C4CC4)c3=S)CC2)c1. The topological polar surface area (TPSA) is 63.4 Å². The van der Waals surface area contributed by atoms with Gasteiger partial charge in [-0.1, -0.05) is 12.1 Å². The molecule has 2 aromatic rings. The van der Waals surface area contributed by atoms with Gasteiger partial charge in [0.1, 0.15) is 5.82 Å². The quantitative estimate of drug-likeness (QED) is 0.695. The van der Waals surface area contributed by atoms with E-state index in [4.69, 9.17) is 12.2 Å². The fourth-order valence-corrected chi connectivity index (χ4v) is 5.91. The molecular formula is C19H27N5O2S2. The van der Waals surface area contributed by atoms with Crippen LogP contribution in [-0.2, 0) is 16.7 Å². The van der Waals surface area contributed by atoms with Crippen LogP contribution in [0.3, 0.4) is 0 Å². The zero-order chi connectivity index (χ0) is 20.1. The lowest BCUT2D eigenvalue weighted by atomic mass is 10.2. The van der Waals surface area contributed by atoms with Gasteiger partial charge in [0, 0.05) is 32.2 Å². The molecule has 9 heteroatoms. The molecule has 0 radical (unpaired) electrons. The van der Waals surface area contributed by atoms with Crippen molar-refractivity contribution < 1.29 is 8.42 Å². The van der Waals surface area contributed by atoms with E-state index in [1.165, 1.54) is 12.8 Å². The van der Waals surface area contributed by atoms with E-state index in [0.717, 1.165) is 21.7 Å². The van der Waals surface area contributed by atoms with Crippen molar-refractivity contribution in [2.24, 2.45) is 0 Å². The fourth-order valence-electron chi connectivity index (χ4n) is 3.80. The highest BCUT2D eigenvalue weighted by Gasteiger charge is 2.31. The zero-order valence-electron chi connectivity index (χ0n) is 16.6. The van der Waals surface area contributed by atoms with E-state index in [9.17, 15) is 8.42 Å². The summed E-state index contributed by atoms with van der Waals surface area (Å²) in [5, 5.41) is 4.60. The molecule has 2 heterocycles. The average Bonchev–Trinajstić information content (AvgIpc) is 3.44. The lowest BCUT2D eigenvalue weighted by Crippen LogP contribution is -2.49. The van der Waals surface area contributed by atoms with Crippen LogP contribution in [0.5, 0.6) is 0 Å². The summed E-state index contributed by atoms with van der Waals surface area (Å²) in [6, 6.07) is 6.10. The third-order valence-electron chi connectivity index (χ3n) is 5.58. The molecule has 1 saturated heterocycles. The Morgan fingerprint density at radius 3 is 2.43 bits per heavy atom. The van der Waals surface area contributed by atoms with Crippen molar-refractivity contribution in [2.45, 2.75) is 51.2 Å². The summed E-state index contributed by atoms with van der Waals surface area (Å²) in [5.41, 5.74) is 1.75. The minimum Gasteiger partial charge on any atom is -0.301 e. The molecule has 2 fully saturated rings. The second-order valence-electron chi connectivity index (χ2n) is 7.86. The summed E-state index contributed by atoms with van der Waals surface area (Å²) in [7, 11) is -3.47. The third kappa shape index (κ3) is 3.68. The largest absolute Gasteiger partial charge is 0.301 e. The Labute approximate surface area is 171 Å². The highest BCUT2D eigenvalue weighted by molar-refractivity contribution is 7.89. The summed E-state index contributed by atoms with van der Waals surface area (Å²) in [5.74, 6) is 0.962. The number of aryl methyl sites for hydroxylation is 3. The van der Waals surface area contributed by atoms with Gasteiger partial charge in [0.25, 0.3) is 0 Å². The lowest BCUT2D eigenvalue weighted by molar-refractivity contribution is 0.144. The van der Waals surface area contributed by atoms with Gasteiger partial charge in [0.15, 0.2) is 4.77 Å². The maximum atomic E-state index is 13.1. The molecule has 0 amide bonds. The van der Waals surface area contributed by atoms with Crippen molar-refractivity contribution in [1.82, 2.24) is 23.6 Å². The molecule has 0 spiro atoms. The summed E-state index contributed by atoms with van der Waals surface area (Å²) in [6.07, 6.45) is 2.35. The van der Waals surface area contributed by atoms with E-state index in [2.05, 4.69) is 14.6 Å². The average molecular weight is 422 g/mol. The van der Waals surface area contributed by atoms with E-state index in [0.29, 0.717) is 43.8 Å². The molecule has 1 aromatic heterocycles. The first-order chi connectivity index (χ1) is 13.3. The van der Waals surface area contributed by atoms with Crippen LogP contribution < -0.4 is 0 Å². The molecule has 1 aliphatic carbocycles. The number of hydrogen-bond donors (Lipinski definition) is 0. The van der Waals surface area contributed by atoms with Crippen LogP contribution in [-0.4, -0.2) is 58.1 Å². The van der Waals surface area contributed by atoms with Crippen LogP contribution in [0, 0.1) is 25.5 Å². The number of rotatable bonds is 5. The molecule has 28 heavy (non-hydrogen) atoms. The molecule has 0 unspecified atom stereocenters. The van der Waals surface area contributed by atoms with Gasteiger partial charge in [-0.15, -0.1) is 0 Å². The second kappa shape index (κ2) is 7.37. The van der Waals surface area contributed by atoms with Gasteiger partial charge >= 0.3 is 0 Å². The minimum atomic E-state index is -3.47. The van der Waals surface area contributed by atoms with Gasteiger partial charge in [-0.05, 0) is 63.0 Å². The van der Waals surface area contributed by atoms with Gasteiger partial charge < -0.3 is 4.57 Å². The Morgan fingerprint density at radius 1 is 1.11 bits per heavy atom. The number of aromatic nitrogens is 3. The zero-order valence-corrected chi connectivity index (χ0v) is 18.3. The van der Waals surface area contributed by atoms with E-state index >= 15 is 0 Å². The summed E-state index contributed by atoms with van der Waals surface area (Å²) < 4.78 is 32.5. The van der Waals surface area contributed by atoms with Gasteiger partial charge in [-0.25, -0.2) is 13.1 Å². The molecule has 0 atom stereocenters. The highest BCUT2D eigenvalue weighted by Crippen LogP contribution is 2.36. The number of benzene rings is 1. The molecule has 1 aliphatic heterocycles. The summed E-state index contributed by atoms with van der Waals surface area (Å²) in [4.78, 5) is 2.64. The molecule has 2 aliphatic rings. The number of sulfonamides is 1. The molecule has 7 nitrogen and oxygen atoms in total. The molecule has 0 bridgehead atoms. The standard InChI is InChI=1S/C19H27N5O2S2/c1-14-4-5-15(2)18(12-14)28(25,26)22-10-8-21(9-11-22)13-23-19(27)24(16(3)20-23)17-6-7-17/h4-5,12,17H,6-11,13H2,1-3H3. The van der Waals surface area contributed by atoms with Crippen molar-refractivity contribution in [2.75, 3.05) is 26.2 Å². The summed E-state index contributed by atoms with van der Waals surface area (Å²) in [6.45, 7) is 8.67. The van der Waals surface area contributed by atoms with E-state index < -0.39 is 10.0 Å². The van der Waals surface area contributed by atoms with Gasteiger partial charge in [-0.2, -0.15) is 9.40 Å². The molecule has 0 N–H and O–H groups in total. The highest BCUT2D eigenvalue weighted by atomic mass is 32.2. The molecule has 4 rings (SSSR count). The number of hydrogen-bond acceptors (Lipinski definition) is 5. The monoisotopic (exact) mass is 421 g/mol. The Morgan fingerprint density at radius 2 is 1.79 bits per heavy atom. The van der Waals surface area contributed by atoms with Crippen LogP contribution in [0.2, 0.25) is 0 Å². The lowest BCUT2D eigenvalue weighted by Gasteiger charge is -2.34. The van der Waals surface area contributed by atoms with Crippen molar-refractivity contribution in [3.63, 3.8) is 0 Å². The summed E-state index contributed by atoms with van der Waals surface area (Å²) >= 11 is 5.60. The Kier molecular flexibility index (Phi) is 5.20. The Hall–Kier alpha value is -1.55. The number of piperazine rings is 1. The predicted molar refractivity (Wildman–Crippen MR) is 110 cm³/mol. The van der Waals surface area contributed by atoms with Crippen LogP contribution in [0.4, 0.5) is 0 Å². The third-order valence-corrected chi connectivity index (χ3v) is 8.03. The van der Waals surface area contributed by atoms with Crippen LogP contribution in [0.15, 0.2) is 23.1 Å². The number of nitrogens with zero attached hydrogens (tertiary/aromatic N) is 5. The molecule has 1 saturated carbocycles. The molecule has 152 valence electrons. The maximum Gasteiger partial charge on any atom is 0.243 e. The van der Waals surface area contributed by atoms with Crippen molar-refractivity contribution in [3.05, 3.63) is 39.9 Å². The second-order valence-corrected chi connectivity index (χ2v) is 10.1. The Bertz CT molecular complexity index is 1040.